The molecule has 1 heterocycles. The lowest BCUT2D eigenvalue weighted by atomic mass is 9.87. The highest BCUT2D eigenvalue weighted by Crippen LogP contribution is 2.17. The fraction of sp³-hybridized carbons (Fsp3) is 0.692. The van der Waals surface area contributed by atoms with Gasteiger partial charge in [0.1, 0.15) is 5.76 Å². The summed E-state index contributed by atoms with van der Waals surface area (Å²) in [5.74, 6) is 0.691. The third-order valence-corrected chi connectivity index (χ3v) is 3.07. The molecule has 0 fully saturated rings. The average Bonchev–Trinajstić information content (AvgIpc) is 2.57. The van der Waals surface area contributed by atoms with Gasteiger partial charge >= 0.3 is 0 Å². The highest BCUT2D eigenvalue weighted by molar-refractivity contribution is 5.82. The fourth-order valence-electron chi connectivity index (χ4n) is 1.67. The number of aromatic nitrogens is 1. The van der Waals surface area contributed by atoms with Gasteiger partial charge in [-0.25, -0.2) is 0 Å². The minimum absolute atomic E-state index is 0.116. The van der Waals surface area contributed by atoms with E-state index in [9.17, 15) is 4.79 Å². The number of nitrogens with zero attached hydrogens (tertiary/aromatic N) is 1. The number of aryl methyl sites for hydroxylation is 2. The lowest BCUT2D eigenvalue weighted by molar-refractivity contribution is -0.124. The summed E-state index contributed by atoms with van der Waals surface area (Å²) in [7, 11) is 0. The van der Waals surface area contributed by atoms with Crippen molar-refractivity contribution >= 4 is 5.91 Å². The Morgan fingerprint density at radius 1 is 1.44 bits per heavy atom. The van der Waals surface area contributed by atoms with Crippen LogP contribution < -0.4 is 11.1 Å². The summed E-state index contributed by atoms with van der Waals surface area (Å²) in [6.45, 7) is 10.2. The topological polar surface area (TPSA) is 81.2 Å². The summed E-state index contributed by atoms with van der Waals surface area (Å²) < 4.78 is 5.07. The van der Waals surface area contributed by atoms with Crippen molar-refractivity contribution in [1.29, 1.82) is 0 Å². The molecule has 18 heavy (non-hydrogen) atoms. The number of hydrogen-bond acceptors (Lipinski definition) is 4. The van der Waals surface area contributed by atoms with E-state index >= 15 is 0 Å². The normalized spacial score (nSPS) is 13.4. The minimum Gasteiger partial charge on any atom is -0.361 e. The standard InChI is InChI=1S/C13H23N3O2/c1-8-10(9(2)18-16-8)6-7-15-12(17)11(14)13(3,4)5/h11H,6-7,14H2,1-5H3,(H,15,17)/t11-/m1/s1. The molecule has 0 aliphatic carbocycles. The molecule has 3 N–H and O–H groups in total. The Bertz CT molecular complexity index is 399. The van der Waals surface area contributed by atoms with Gasteiger partial charge in [0.15, 0.2) is 0 Å². The minimum atomic E-state index is -0.498. The summed E-state index contributed by atoms with van der Waals surface area (Å²) in [5.41, 5.74) is 7.57. The number of hydrogen-bond donors (Lipinski definition) is 2. The molecule has 1 aromatic heterocycles. The van der Waals surface area contributed by atoms with E-state index in [0.717, 1.165) is 17.0 Å². The van der Waals surface area contributed by atoms with Gasteiger partial charge in [0.2, 0.25) is 5.91 Å². The predicted molar refractivity (Wildman–Crippen MR) is 70.1 cm³/mol. The van der Waals surface area contributed by atoms with Gasteiger partial charge in [0.05, 0.1) is 11.7 Å². The van der Waals surface area contributed by atoms with Gasteiger partial charge in [-0.1, -0.05) is 25.9 Å². The molecule has 5 nitrogen and oxygen atoms in total. The molecule has 0 aliphatic rings. The van der Waals surface area contributed by atoms with Crippen molar-refractivity contribution in [2.24, 2.45) is 11.1 Å². The Balaban J connectivity index is 2.46. The second kappa shape index (κ2) is 5.52. The molecular formula is C13H23N3O2. The van der Waals surface area contributed by atoms with Crippen LogP contribution >= 0.6 is 0 Å². The number of nitrogens with one attached hydrogen (secondary N) is 1. The maximum absolute atomic E-state index is 11.8. The van der Waals surface area contributed by atoms with Crippen molar-refractivity contribution in [2.75, 3.05) is 6.54 Å². The zero-order chi connectivity index (χ0) is 13.9. The zero-order valence-corrected chi connectivity index (χ0v) is 11.8. The third kappa shape index (κ3) is 3.57. The van der Waals surface area contributed by atoms with Crippen LogP contribution in [-0.2, 0) is 11.2 Å². The number of carbonyl (C=O) groups is 1. The van der Waals surface area contributed by atoms with Crippen LogP contribution in [0.5, 0.6) is 0 Å². The highest BCUT2D eigenvalue weighted by atomic mass is 16.5. The maximum Gasteiger partial charge on any atom is 0.237 e. The second-order valence-corrected chi connectivity index (χ2v) is 5.69. The van der Waals surface area contributed by atoms with E-state index in [2.05, 4.69) is 10.5 Å². The number of carbonyl (C=O) groups excluding carboxylic acids is 1. The van der Waals surface area contributed by atoms with Crippen LogP contribution in [-0.4, -0.2) is 23.7 Å². The van der Waals surface area contributed by atoms with E-state index in [1.54, 1.807) is 0 Å². The smallest absolute Gasteiger partial charge is 0.237 e. The van der Waals surface area contributed by atoms with E-state index in [-0.39, 0.29) is 11.3 Å². The molecule has 0 aliphatic heterocycles. The highest BCUT2D eigenvalue weighted by Gasteiger charge is 2.27. The van der Waals surface area contributed by atoms with Crippen molar-refractivity contribution in [3.63, 3.8) is 0 Å². The average molecular weight is 253 g/mol. The lowest BCUT2D eigenvalue weighted by Gasteiger charge is -2.25. The Labute approximate surface area is 108 Å². The molecule has 0 spiro atoms. The molecule has 1 amide bonds. The largest absolute Gasteiger partial charge is 0.361 e. The molecule has 102 valence electrons. The van der Waals surface area contributed by atoms with Crippen molar-refractivity contribution < 1.29 is 9.32 Å². The van der Waals surface area contributed by atoms with Crippen molar-refractivity contribution in [3.05, 3.63) is 17.0 Å². The van der Waals surface area contributed by atoms with Gasteiger partial charge in [-0.2, -0.15) is 0 Å². The van der Waals surface area contributed by atoms with E-state index in [1.807, 2.05) is 34.6 Å². The Morgan fingerprint density at radius 2 is 2.06 bits per heavy atom. The molecule has 0 unspecified atom stereocenters. The SMILES string of the molecule is Cc1noc(C)c1CCNC(=O)[C@@H](N)C(C)(C)C. The van der Waals surface area contributed by atoms with Crippen LogP contribution in [0.15, 0.2) is 4.52 Å². The number of rotatable bonds is 4. The molecule has 0 saturated carbocycles. The summed E-state index contributed by atoms with van der Waals surface area (Å²) in [4.78, 5) is 11.8. The van der Waals surface area contributed by atoms with Crippen molar-refractivity contribution in [1.82, 2.24) is 10.5 Å². The monoisotopic (exact) mass is 253 g/mol. The molecule has 1 aromatic rings. The van der Waals surface area contributed by atoms with Gasteiger partial charge in [0, 0.05) is 12.1 Å². The number of amides is 1. The maximum atomic E-state index is 11.8. The first-order chi connectivity index (χ1) is 8.23. The van der Waals surface area contributed by atoms with Crippen LogP contribution in [0.3, 0.4) is 0 Å². The van der Waals surface area contributed by atoms with Crippen LogP contribution in [0.4, 0.5) is 0 Å². The molecule has 0 aromatic carbocycles. The van der Waals surface area contributed by atoms with E-state index in [1.165, 1.54) is 0 Å². The van der Waals surface area contributed by atoms with E-state index in [4.69, 9.17) is 10.3 Å². The zero-order valence-electron chi connectivity index (χ0n) is 11.8. The molecule has 0 bridgehead atoms. The van der Waals surface area contributed by atoms with Gasteiger partial charge in [-0.3, -0.25) is 4.79 Å². The molecule has 0 radical (unpaired) electrons. The summed E-state index contributed by atoms with van der Waals surface area (Å²) >= 11 is 0. The molecule has 5 heteroatoms. The fourth-order valence-corrected chi connectivity index (χ4v) is 1.67. The first-order valence-electron chi connectivity index (χ1n) is 6.18. The van der Waals surface area contributed by atoms with Crippen LogP contribution in [0.1, 0.15) is 37.8 Å². The lowest BCUT2D eigenvalue weighted by Crippen LogP contribution is -2.49. The van der Waals surface area contributed by atoms with Gasteiger partial charge in [-0.05, 0) is 25.7 Å². The molecule has 1 atom stereocenters. The van der Waals surface area contributed by atoms with Crippen molar-refractivity contribution in [3.8, 4) is 0 Å². The van der Waals surface area contributed by atoms with Gasteiger partial charge in [-0.15, -0.1) is 0 Å². The van der Waals surface area contributed by atoms with E-state index in [0.29, 0.717) is 13.0 Å². The van der Waals surface area contributed by atoms with Crippen LogP contribution in [0, 0.1) is 19.3 Å². The second-order valence-electron chi connectivity index (χ2n) is 5.69. The predicted octanol–water partition coefficient (Wildman–Crippen LogP) is 1.32. The number of nitrogens with two attached hydrogens (primary N) is 1. The van der Waals surface area contributed by atoms with Crippen LogP contribution in [0.2, 0.25) is 0 Å². The first kappa shape index (κ1) is 14.7. The Kier molecular flexibility index (Phi) is 4.51. The third-order valence-electron chi connectivity index (χ3n) is 3.07. The first-order valence-corrected chi connectivity index (χ1v) is 6.18. The Morgan fingerprint density at radius 3 is 2.50 bits per heavy atom. The summed E-state index contributed by atoms with van der Waals surface area (Å²) in [6.07, 6.45) is 0.712. The molecule has 1 rings (SSSR count). The van der Waals surface area contributed by atoms with E-state index < -0.39 is 6.04 Å². The molecule has 0 saturated heterocycles. The van der Waals surface area contributed by atoms with Gasteiger partial charge < -0.3 is 15.6 Å². The van der Waals surface area contributed by atoms with Crippen molar-refractivity contribution in [2.45, 2.75) is 47.1 Å². The summed E-state index contributed by atoms with van der Waals surface area (Å²) in [6, 6.07) is -0.498. The molecular weight excluding hydrogens is 230 g/mol. The Hall–Kier alpha value is -1.36. The quantitative estimate of drug-likeness (QED) is 0.848. The van der Waals surface area contributed by atoms with Gasteiger partial charge in [0.25, 0.3) is 0 Å². The van der Waals surface area contributed by atoms with Crippen LogP contribution in [0.25, 0.3) is 0 Å². The summed E-state index contributed by atoms with van der Waals surface area (Å²) in [5, 5.41) is 6.72.